The summed E-state index contributed by atoms with van der Waals surface area (Å²) in [6.45, 7) is 8.15. The van der Waals surface area contributed by atoms with Crippen molar-refractivity contribution in [3.8, 4) is 0 Å². The van der Waals surface area contributed by atoms with Gasteiger partial charge in [-0.2, -0.15) is 0 Å². The van der Waals surface area contributed by atoms with Crippen LogP contribution in [0.15, 0.2) is 0 Å². The molecule has 0 atom stereocenters. The van der Waals surface area contributed by atoms with E-state index in [1.54, 1.807) is 0 Å². The van der Waals surface area contributed by atoms with Gasteiger partial charge < -0.3 is 0 Å². The second-order valence-corrected chi connectivity index (χ2v) is 1.80. The summed E-state index contributed by atoms with van der Waals surface area (Å²) in [4.78, 5) is 15.3. The summed E-state index contributed by atoms with van der Waals surface area (Å²) in [5, 5.41) is 1.33. The standard InChI is InChI=1S/C6H13NO2.C2H6/c1-4-5-7(9-3)6(2)8;1-2/h4-5H2,1-3H3;1-2H3. The number of nitrogens with zero attached hydrogens (tertiary/aromatic N) is 1. The normalized spacial score (nSPS) is 8.09. The van der Waals surface area contributed by atoms with Crippen LogP contribution in [0.2, 0.25) is 0 Å². The van der Waals surface area contributed by atoms with E-state index in [4.69, 9.17) is 4.84 Å². The van der Waals surface area contributed by atoms with E-state index in [2.05, 4.69) is 0 Å². The van der Waals surface area contributed by atoms with E-state index in [-0.39, 0.29) is 5.91 Å². The molecule has 0 fully saturated rings. The van der Waals surface area contributed by atoms with E-state index >= 15 is 0 Å². The van der Waals surface area contributed by atoms with Gasteiger partial charge in [0.25, 0.3) is 0 Å². The molecule has 3 nitrogen and oxygen atoms in total. The zero-order chi connectivity index (χ0) is 9.28. The Morgan fingerprint density at radius 3 is 2.00 bits per heavy atom. The van der Waals surface area contributed by atoms with Crippen LogP contribution in [0.5, 0.6) is 0 Å². The predicted molar refractivity (Wildman–Crippen MR) is 46.0 cm³/mol. The van der Waals surface area contributed by atoms with Gasteiger partial charge in [0.05, 0.1) is 7.11 Å². The molecule has 0 aromatic rings. The molecule has 0 heterocycles. The molecule has 0 aliphatic rings. The van der Waals surface area contributed by atoms with Gasteiger partial charge in [0.15, 0.2) is 0 Å². The van der Waals surface area contributed by atoms with E-state index in [0.717, 1.165) is 6.42 Å². The van der Waals surface area contributed by atoms with Crippen molar-refractivity contribution in [2.45, 2.75) is 34.1 Å². The van der Waals surface area contributed by atoms with E-state index in [1.807, 2.05) is 20.8 Å². The van der Waals surface area contributed by atoms with E-state index in [0.29, 0.717) is 6.54 Å². The van der Waals surface area contributed by atoms with Gasteiger partial charge in [-0.3, -0.25) is 9.63 Å². The molecule has 0 aliphatic carbocycles. The number of carbonyl (C=O) groups is 1. The average molecular weight is 161 g/mol. The van der Waals surface area contributed by atoms with Crippen LogP contribution in [0.4, 0.5) is 0 Å². The minimum Gasteiger partial charge on any atom is -0.274 e. The summed E-state index contributed by atoms with van der Waals surface area (Å²) < 4.78 is 0. The second kappa shape index (κ2) is 9.43. The Kier molecular flexibility index (Phi) is 11.2. The van der Waals surface area contributed by atoms with Crippen LogP contribution in [0.3, 0.4) is 0 Å². The highest BCUT2D eigenvalue weighted by Crippen LogP contribution is 1.90. The maximum atomic E-state index is 10.6. The first kappa shape index (κ1) is 13.1. The second-order valence-electron chi connectivity index (χ2n) is 1.80. The Morgan fingerprint density at radius 1 is 1.45 bits per heavy atom. The zero-order valence-corrected chi connectivity index (χ0v) is 8.18. The lowest BCUT2D eigenvalue weighted by Crippen LogP contribution is -2.27. The Labute approximate surface area is 69.3 Å². The van der Waals surface area contributed by atoms with Crippen LogP contribution < -0.4 is 0 Å². The molecular formula is C8H19NO2. The van der Waals surface area contributed by atoms with Gasteiger partial charge in [-0.1, -0.05) is 20.8 Å². The van der Waals surface area contributed by atoms with Crippen molar-refractivity contribution in [1.82, 2.24) is 5.06 Å². The van der Waals surface area contributed by atoms with Gasteiger partial charge in [0.1, 0.15) is 0 Å². The zero-order valence-electron chi connectivity index (χ0n) is 8.18. The van der Waals surface area contributed by atoms with Crippen LogP contribution in [0.1, 0.15) is 34.1 Å². The van der Waals surface area contributed by atoms with Gasteiger partial charge in [-0.25, -0.2) is 5.06 Å². The maximum Gasteiger partial charge on any atom is 0.242 e. The molecule has 0 aromatic carbocycles. The average Bonchev–Trinajstić information content (AvgIpc) is 2.03. The van der Waals surface area contributed by atoms with Crippen molar-refractivity contribution in [2.75, 3.05) is 13.7 Å². The first-order valence-corrected chi connectivity index (χ1v) is 4.04. The molecule has 0 saturated heterocycles. The SMILES string of the molecule is CC.CCCN(OC)C(C)=O. The third-order valence-corrected chi connectivity index (χ3v) is 0.998. The Balaban J connectivity index is 0. The molecular weight excluding hydrogens is 142 g/mol. The quantitative estimate of drug-likeness (QED) is 0.591. The van der Waals surface area contributed by atoms with Crippen LogP contribution in [-0.4, -0.2) is 24.6 Å². The molecule has 0 bridgehead atoms. The topological polar surface area (TPSA) is 29.5 Å². The summed E-state index contributed by atoms with van der Waals surface area (Å²) in [7, 11) is 1.50. The summed E-state index contributed by atoms with van der Waals surface area (Å²) in [6.07, 6.45) is 0.924. The number of rotatable bonds is 3. The molecule has 0 unspecified atom stereocenters. The lowest BCUT2D eigenvalue weighted by atomic mass is 10.5. The Bertz CT molecular complexity index is 94.1. The summed E-state index contributed by atoms with van der Waals surface area (Å²) >= 11 is 0. The Hall–Kier alpha value is -0.570. The number of hydrogen-bond donors (Lipinski definition) is 0. The number of carbonyl (C=O) groups excluding carboxylic acids is 1. The van der Waals surface area contributed by atoms with E-state index in [9.17, 15) is 4.79 Å². The highest BCUT2D eigenvalue weighted by Gasteiger charge is 2.03. The fourth-order valence-electron chi connectivity index (χ4n) is 0.580. The molecule has 0 rings (SSSR count). The van der Waals surface area contributed by atoms with Crippen molar-refractivity contribution in [3.05, 3.63) is 0 Å². The molecule has 3 heteroatoms. The minimum atomic E-state index is -0.0423. The van der Waals surface area contributed by atoms with Crippen molar-refractivity contribution in [2.24, 2.45) is 0 Å². The molecule has 0 spiro atoms. The monoisotopic (exact) mass is 161 g/mol. The Morgan fingerprint density at radius 2 is 1.91 bits per heavy atom. The largest absolute Gasteiger partial charge is 0.274 e. The number of hydrogen-bond acceptors (Lipinski definition) is 2. The highest BCUT2D eigenvalue weighted by atomic mass is 16.7. The molecule has 1 amide bonds. The van der Waals surface area contributed by atoms with Crippen LogP contribution in [-0.2, 0) is 9.63 Å². The molecule has 0 saturated carbocycles. The summed E-state index contributed by atoms with van der Waals surface area (Å²) in [5.74, 6) is -0.0423. The van der Waals surface area contributed by atoms with Crippen molar-refractivity contribution in [1.29, 1.82) is 0 Å². The molecule has 0 aliphatic heterocycles. The lowest BCUT2D eigenvalue weighted by Gasteiger charge is -2.15. The number of hydroxylamine groups is 2. The van der Waals surface area contributed by atoms with Gasteiger partial charge in [0, 0.05) is 13.5 Å². The van der Waals surface area contributed by atoms with E-state index < -0.39 is 0 Å². The number of amides is 1. The first-order valence-electron chi connectivity index (χ1n) is 4.04. The lowest BCUT2D eigenvalue weighted by molar-refractivity contribution is -0.173. The first-order chi connectivity index (χ1) is 5.22. The van der Waals surface area contributed by atoms with Crippen LogP contribution >= 0.6 is 0 Å². The van der Waals surface area contributed by atoms with Crippen molar-refractivity contribution >= 4 is 5.91 Å². The molecule has 11 heavy (non-hydrogen) atoms. The summed E-state index contributed by atoms with van der Waals surface area (Å²) in [6, 6.07) is 0. The fraction of sp³-hybridized carbons (Fsp3) is 0.875. The molecule has 0 aromatic heterocycles. The molecule has 0 radical (unpaired) electrons. The van der Waals surface area contributed by atoms with Gasteiger partial charge in [-0.15, -0.1) is 0 Å². The van der Waals surface area contributed by atoms with Crippen molar-refractivity contribution in [3.63, 3.8) is 0 Å². The fourth-order valence-corrected chi connectivity index (χ4v) is 0.580. The van der Waals surface area contributed by atoms with Crippen molar-refractivity contribution < 1.29 is 9.63 Å². The van der Waals surface area contributed by atoms with Crippen LogP contribution in [0, 0.1) is 0 Å². The predicted octanol–water partition coefficient (Wildman–Crippen LogP) is 1.83. The summed E-state index contributed by atoms with van der Waals surface area (Å²) in [5.41, 5.74) is 0. The minimum absolute atomic E-state index is 0.0423. The van der Waals surface area contributed by atoms with Gasteiger partial charge in [-0.05, 0) is 6.42 Å². The van der Waals surface area contributed by atoms with Gasteiger partial charge in [0.2, 0.25) is 5.91 Å². The molecule has 0 N–H and O–H groups in total. The maximum absolute atomic E-state index is 10.6. The van der Waals surface area contributed by atoms with Crippen LogP contribution in [0.25, 0.3) is 0 Å². The smallest absolute Gasteiger partial charge is 0.242 e. The highest BCUT2D eigenvalue weighted by molar-refractivity contribution is 5.71. The third kappa shape index (κ3) is 7.33. The van der Waals surface area contributed by atoms with E-state index in [1.165, 1.54) is 19.1 Å². The third-order valence-electron chi connectivity index (χ3n) is 0.998. The molecule has 68 valence electrons. The van der Waals surface area contributed by atoms with Gasteiger partial charge >= 0.3 is 0 Å².